The van der Waals surface area contributed by atoms with Crippen LogP contribution in [0.15, 0.2) is 4.99 Å². The molecular formula is C11H23N3OS. The number of aliphatic imine (C=N–C) groups is 1. The van der Waals surface area contributed by atoms with Gasteiger partial charge in [0.1, 0.15) is 0 Å². The van der Waals surface area contributed by atoms with Crippen LogP contribution >= 0.6 is 11.8 Å². The molecule has 1 aliphatic rings. The highest BCUT2D eigenvalue weighted by Crippen LogP contribution is 2.08. The molecule has 0 amide bonds. The Morgan fingerprint density at radius 2 is 2.12 bits per heavy atom. The van der Waals surface area contributed by atoms with Crippen LogP contribution in [-0.4, -0.2) is 55.2 Å². The molecule has 94 valence electrons. The highest BCUT2D eigenvalue weighted by Gasteiger charge is 2.11. The van der Waals surface area contributed by atoms with Gasteiger partial charge in [-0.2, -0.15) is 11.8 Å². The lowest BCUT2D eigenvalue weighted by molar-refractivity contribution is 0.138. The Morgan fingerprint density at radius 1 is 1.38 bits per heavy atom. The lowest BCUT2D eigenvalue weighted by Crippen LogP contribution is -2.42. The lowest BCUT2D eigenvalue weighted by atomic mass is 10.4. The molecule has 2 N–H and O–H groups in total. The van der Waals surface area contributed by atoms with Gasteiger partial charge in [-0.05, 0) is 6.42 Å². The van der Waals surface area contributed by atoms with Crippen molar-refractivity contribution in [3.05, 3.63) is 0 Å². The molecule has 5 heteroatoms. The van der Waals surface area contributed by atoms with E-state index in [-0.39, 0.29) is 0 Å². The molecule has 16 heavy (non-hydrogen) atoms. The third-order valence-electron chi connectivity index (χ3n) is 2.49. The molecule has 1 rings (SSSR count). The zero-order valence-corrected chi connectivity index (χ0v) is 11.0. The van der Waals surface area contributed by atoms with E-state index in [0.29, 0.717) is 19.1 Å². The molecular weight excluding hydrogens is 222 g/mol. The topological polar surface area (TPSA) is 50.9 Å². The van der Waals surface area contributed by atoms with E-state index >= 15 is 0 Å². The van der Waals surface area contributed by atoms with Crippen molar-refractivity contribution in [3.63, 3.8) is 0 Å². The first-order valence-corrected chi connectivity index (χ1v) is 7.20. The van der Waals surface area contributed by atoms with Crippen LogP contribution in [0, 0.1) is 0 Å². The van der Waals surface area contributed by atoms with E-state index in [4.69, 9.17) is 10.5 Å². The summed E-state index contributed by atoms with van der Waals surface area (Å²) in [6.45, 7) is 6.41. The van der Waals surface area contributed by atoms with Crippen LogP contribution in [0.5, 0.6) is 0 Å². The van der Waals surface area contributed by atoms with Crippen LogP contribution in [-0.2, 0) is 4.74 Å². The number of unbranched alkanes of at least 4 members (excludes halogenated alkanes) is 1. The van der Waals surface area contributed by atoms with Crippen molar-refractivity contribution in [3.8, 4) is 0 Å². The normalized spacial score (nSPS) is 17.8. The molecule has 0 bridgehead atoms. The summed E-state index contributed by atoms with van der Waals surface area (Å²) in [4.78, 5) is 6.49. The van der Waals surface area contributed by atoms with Gasteiger partial charge in [0.2, 0.25) is 0 Å². The van der Waals surface area contributed by atoms with E-state index in [1.165, 1.54) is 6.42 Å². The highest BCUT2D eigenvalue weighted by atomic mass is 32.2. The Hall–Kier alpha value is -0.420. The maximum Gasteiger partial charge on any atom is 0.191 e. The Balaban J connectivity index is 2.07. The molecule has 0 radical (unpaired) electrons. The predicted molar refractivity (Wildman–Crippen MR) is 71.1 cm³/mol. The minimum absolute atomic E-state index is 0.680. The number of guanidine groups is 1. The molecule has 0 aromatic rings. The van der Waals surface area contributed by atoms with Gasteiger partial charge < -0.3 is 15.4 Å². The van der Waals surface area contributed by atoms with Crippen molar-refractivity contribution in [1.29, 1.82) is 0 Å². The second-order valence-electron chi connectivity index (χ2n) is 3.81. The average molecular weight is 245 g/mol. The van der Waals surface area contributed by atoms with Gasteiger partial charge >= 0.3 is 0 Å². The van der Waals surface area contributed by atoms with E-state index in [1.807, 2.05) is 11.8 Å². The van der Waals surface area contributed by atoms with Gasteiger partial charge in [-0.1, -0.05) is 13.3 Å². The zero-order valence-electron chi connectivity index (χ0n) is 10.2. The summed E-state index contributed by atoms with van der Waals surface area (Å²) < 4.78 is 5.43. The highest BCUT2D eigenvalue weighted by molar-refractivity contribution is 7.99. The van der Waals surface area contributed by atoms with Crippen LogP contribution in [0.25, 0.3) is 0 Å². The summed E-state index contributed by atoms with van der Waals surface area (Å²) in [7, 11) is 0. The smallest absolute Gasteiger partial charge is 0.191 e. The molecule has 0 unspecified atom stereocenters. The van der Waals surface area contributed by atoms with Gasteiger partial charge in [-0.3, -0.25) is 4.99 Å². The lowest BCUT2D eigenvalue weighted by Gasteiger charge is -2.27. The molecule has 0 atom stereocenters. The van der Waals surface area contributed by atoms with Gasteiger partial charge in [0, 0.05) is 31.2 Å². The molecule has 0 spiro atoms. The van der Waals surface area contributed by atoms with E-state index in [2.05, 4.69) is 16.8 Å². The molecule has 1 saturated heterocycles. The van der Waals surface area contributed by atoms with Gasteiger partial charge in [-0.15, -0.1) is 0 Å². The fourth-order valence-corrected chi connectivity index (χ4v) is 2.37. The summed E-state index contributed by atoms with van der Waals surface area (Å²) in [5.74, 6) is 2.99. The summed E-state index contributed by atoms with van der Waals surface area (Å²) in [5, 5.41) is 0. The Labute approximate surface area is 103 Å². The number of ether oxygens (including phenoxy) is 1. The van der Waals surface area contributed by atoms with E-state index in [9.17, 15) is 0 Å². The zero-order chi connectivity index (χ0) is 11.6. The first kappa shape index (κ1) is 13.6. The third kappa shape index (κ3) is 5.61. The molecule has 0 aliphatic carbocycles. The van der Waals surface area contributed by atoms with Crippen molar-refractivity contribution < 1.29 is 4.74 Å². The SMILES string of the molecule is CCCCOCCN=C(N)N1CCSCC1. The summed E-state index contributed by atoms with van der Waals surface area (Å²) >= 11 is 1.98. The maximum atomic E-state index is 5.90. The molecule has 1 fully saturated rings. The molecule has 4 nitrogen and oxygen atoms in total. The molecule has 0 aromatic heterocycles. The first-order chi connectivity index (χ1) is 7.84. The van der Waals surface area contributed by atoms with Crippen LogP contribution in [0.4, 0.5) is 0 Å². The average Bonchev–Trinajstić information content (AvgIpc) is 2.34. The fraction of sp³-hybridized carbons (Fsp3) is 0.909. The number of thioether (sulfide) groups is 1. The number of hydrogen-bond donors (Lipinski definition) is 1. The molecule has 1 heterocycles. The van der Waals surface area contributed by atoms with Crippen molar-refractivity contribution >= 4 is 17.7 Å². The minimum Gasteiger partial charge on any atom is -0.380 e. The monoisotopic (exact) mass is 245 g/mol. The van der Waals surface area contributed by atoms with Crippen molar-refractivity contribution in [2.75, 3.05) is 44.4 Å². The largest absolute Gasteiger partial charge is 0.380 e. The molecule has 0 saturated carbocycles. The van der Waals surface area contributed by atoms with Gasteiger partial charge in [0.15, 0.2) is 5.96 Å². The number of rotatable bonds is 6. The standard InChI is InChI=1S/C11H23N3OS/c1-2-3-7-15-8-4-13-11(12)14-5-9-16-10-6-14/h2-10H2,1H3,(H2,12,13). The Kier molecular flexibility index (Phi) is 7.42. The van der Waals surface area contributed by atoms with E-state index in [0.717, 1.165) is 37.6 Å². The summed E-state index contributed by atoms with van der Waals surface area (Å²) in [6.07, 6.45) is 2.30. The maximum absolute atomic E-state index is 5.90. The molecule has 1 aliphatic heterocycles. The van der Waals surface area contributed by atoms with Crippen LogP contribution < -0.4 is 5.73 Å². The molecule has 0 aromatic carbocycles. The second kappa shape index (κ2) is 8.70. The van der Waals surface area contributed by atoms with Crippen molar-refractivity contribution in [2.24, 2.45) is 10.7 Å². The van der Waals surface area contributed by atoms with Crippen LogP contribution in [0.1, 0.15) is 19.8 Å². The summed E-state index contributed by atoms with van der Waals surface area (Å²) in [5.41, 5.74) is 5.90. The van der Waals surface area contributed by atoms with Crippen molar-refractivity contribution in [1.82, 2.24) is 4.90 Å². The van der Waals surface area contributed by atoms with Crippen LogP contribution in [0.2, 0.25) is 0 Å². The predicted octanol–water partition coefficient (Wildman–Crippen LogP) is 1.17. The van der Waals surface area contributed by atoms with Gasteiger partial charge in [-0.25, -0.2) is 0 Å². The summed E-state index contributed by atoms with van der Waals surface area (Å²) in [6, 6.07) is 0. The second-order valence-corrected chi connectivity index (χ2v) is 5.03. The first-order valence-electron chi connectivity index (χ1n) is 6.05. The van der Waals surface area contributed by atoms with E-state index in [1.54, 1.807) is 0 Å². The quantitative estimate of drug-likeness (QED) is 0.433. The van der Waals surface area contributed by atoms with E-state index < -0.39 is 0 Å². The number of hydrogen-bond acceptors (Lipinski definition) is 3. The number of nitrogens with zero attached hydrogens (tertiary/aromatic N) is 2. The third-order valence-corrected chi connectivity index (χ3v) is 3.43. The number of nitrogens with two attached hydrogens (primary N) is 1. The Bertz CT molecular complexity index is 205. The van der Waals surface area contributed by atoms with Gasteiger partial charge in [0.05, 0.1) is 13.2 Å². The van der Waals surface area contributed by atoms with Crippen LogP contribution in [0.3, 0.4) is 0 Å². The van der Waals surface area contributed by atoms with Gasteiger partial charge in [0.25, 0.3) is 0 Å². The minimum atomic E-state index is 0.680. The Morgan fingerprint density at radius 3 is 2.81 bits per heavy atom. The fourth-order valence-electron chi connectivity index (χ4n) is 1.47. The van der Waals surface area contributed by atoms with Crippen molar-refractivity contribution in [2.45, 2.75) is 19.8 Å².